The van der Waals surface area contributed by atoms with Crippen molar-refractivity contribution in [2.75, 3.05) is 64.4 Å². The van der Waals surface area contributed by atoms with E-state index in [1.54, 1.807) is 19.0 Å². The molecule has 0 aliphatic carbocycles. The summed E-state index contributed by atoms with van der Waals surface area (Å²) in [6, 6.07) is 0. The predicted octanol–water partition coefficient (Wildman–Crippen LogP) is 0.931. The molecule has 146 valence electrons. The Morgan fingerprint density at radius 2 is 1.92 bits per heavy atom. The summed E-state index contributed by atoms with van der Waals surface area (Å²) in [4.78, 5) is 29.7. The van der Waals surface area contributed by atoms with Crippen molar-refractivity contribution in [2.45, 2.75) is 18.2 Å². The van der Waals surface area contributed by atoms with Crippen LogP contribution in [-0.2, 0) is 9.59 Å². The second-order valence-electron chi connectivity index (χ2n) is 6.88. The van der Waals surface area contributed by atoms with Crippen LogP contribution in [0.25, 0.3) is 0 Å². The minimum absolute atomic E-state index is 0.0958. The van der Waals surface area contributed by atoms with Crippen LogP contribution in [0.1, 0.15) is 13.8 Å². The third-order valence-corrected chi connectivity index (χ3v) is 5.97. The Kier molecular flexibility index (Phi) is 8.11. The van der Waals surface area contributed by atoms with Gasteiger partial charge in [0.2, 0.25) is 16.9 Å². The molecule has 1 N–H and O–H groups in total. The van der Waals surface area contributed by atoms with E-state index in [-0.39, 0.29) is 11.8 Å². The number of carbonyl (C=O) groups is 2. The normalized spacial score (nSPS) is 15.3. The number of amides is 2. The Morgan fingerprint density at radius 1 is 1.23 bits per heavy atom. The van der Waals surface area contributed by atoms with Crippen LogP contribution in [0, 0.1) is 5.92 Å². The van der Waals surface area contributed by atoms with Gasteiger partial charge in [-0.1, -0.05) is 36.9 Å². The molecule has 0 atom stereocenters. The summed E-state index contributed by atoms with van der Waals surface area (Å²) in [5.74, 6) is 1.12. The summed E-state index contributed by atoms with van der Waals surface area (Å²) in [6.45, 7) is 8.35. The van der Waals surface area contributed by atoms with Crippen LogP contribution in [0.15, 0.2) is 4.34 Å². The number of thioether (sulfide) groups is 1. The Labute approximate surface area is 163 Å². The predicted molar refractivity (Wildman–Crippen MR) is 106 cm³/mol. The molecule has 10 heteroatoms. The molecule has 0 bridgehead atoms. The highest BCUT2D eigenvalue weighted by Crippen LogP contribution is 2.25. The fourth-order valence-corrected chi connectivity index (χ4v) is 4.00. The van der Waals surface area contributed by atoms with Crippen LogP contribution in [0.5, 0.6) is 0 Å². The van der Waals surface area contributed by atoms with Crippen molar-refractivity contribution in [1.82, 2.24) is 24.9 Å². The molecule has 8 nitrogen and oxygen atoms in total. The number of nitrogens with one attached hydrogen (secondary N) is 1. The summed E-state index contributed by atoms with van der Waals surface area (Å²) in [5, 5.41) is 12.3. The molecule has 2 heterocycles. The van der Waals surface area contributed by atoms with Crippen LogP contribution in [0.2, 0.25) is 0 Å². The molecule has 0 unspecified atom stereocenters. The van der Waals surface area contributed by atoms with E-state index in [4.69, 9.17) is 0 Å². The van der Waals surface area contributed by atoms with E-state index in [1.807, 2.05) is 4.90 Å². The first-order valence-electron chi connectivity index (χ1n) is 8.75. The van der Waals surface area contributed by atoms with Gasteiger partial charge in [-0.2, -0.15) is 0 Å². The van der Waals surface area contributed by atoms with Crippen molar-refractivity contribution < 1.29 is 9.59 Å². The monoisotopic (exact) mass is 400 g/mol. The maximum absolute atomic E-state index is 12.4. The van der Waals surface area contributed by atoms with Crippen LogP contribution in [0.3, 0.4) is 0 Å². The lowest BCUT2D eigenvalue weighted by Crippen LogP contribution is -2.51. The molecule has 0 saturated carbocycles. The molecule has 1 saturated heterocycles. The molecule has 2 amide bonds. The van der Waals surface area contributed by atoms with Gasteiger partial charge in [-0.25, -0.2) is 0 Å². The third kappa shape index (κ3) is 6.73. The van der Waals surface area contributed by atoms with Gasteiger partial charge in [-0.05, 0) is 5.92 Å². The zero-order valence-corrected chi connectivity index (χ0v) is 17.5. The fourth-order valence-electron chi connectivity index (χ4n) is 2.33. The van der Waals surface area contributed by atoms with Gasteiger partial charge < -0.3 is 15.1 Å². The number of carbonyl (C=O) groups excluding carboxylic acids is 2. The number of nitrogens with zero attached hydrogens (tertiary/aromatic N) is 5. The number of hydrogen-bond donors (Lipinski definition) is 1. The van der Waals surface area contributed by atoms with E-state index >= 15 is 0 Å². The zero-order chi connectivity index (χ0) is 19.1. The average Bonchev–Trinajstić information content (AvgIpc) is 3.06. The van der Waals surface area contributed by atoms with Crippen molar-refractivity contribution >= 4 is 40.0 Å². The zero-order valence-electron chi connectivity index (χ0n) is 15.9. The van der Waals surface area contributed by atoms with E-state index < -0.39 is 0 Å². The van der Waals surface area contributed by atoms with Gasteiger partial charge >= 0.3 is 0 Å². The molecule has 1 aromatic heterocycles. The number of piperazine rings is 1. The van der Waals surface area contributed by atoms with Crippen molar-refractivity contribution in [2.24, 2.45) is 5.92 Å². The highest BCUT2D eigenvalue weighted by Gasteiger charge is 2.23. The van der Waals surface area contributed by atoms with Crippen LogP contribution < -0.4 is 5.32 Å². The summed E-state index contributed by atoms with van der Waals surface area (Å²) < 4.78 is 0.805. The van der Waals surface area contributed by atoms with Gasteiger partial charge in [0, 0.05) is 46.8 Å². The van der Waals surface area contributed by atoms with E-state index in [0.717, 1.165) is 29.1 Å². The maximum Gasteiger partial charge on any atom is 0.236 e. The first-order valence-corrected chi connectivity index (χ1v) is 10.6. The Bertz CT molecular complexity index is 599. The van der Waals surface area contributed by atoms with Gasteiger partial charge in [-0.3, -0.25) is 14.5 Å². The highest BCUT2D eigenvalue weighted by molar-refractivity contribution is 8.01. The number of hydrogen-bond acceptors (Lipinski definition) is 8. The standard InChI is InChI=1S/C16H28N6O2S2/c1-12(2)9-17-15-18-19-16(26-15)25-11-14(24)22-7-5-21(6-8-22)10-13(23)20(3)4/h12H,5-11H2,1-4H3,(H,17,18). The summed E-state index contributed by atoms with van der Waals surface area (Å²) >= 11 is 2.91. The van der Waals surface area contributed by atoms with Gasteiger partial charge in [-0.15, -0.1) is 10.2 Å². The average molecular weight is 401 g/mol. The van der Waals surface area contributed by atoms with Crippen molar-refractivity contribution in [1.29, 1.82) is 0 Å². The molecule has 1 aliphatic rings. The molecular weight excluding hydrogens is 372 g/mol. The highest BCUT2D eigenvalue weighted by atomic mass is 32.2. The molecule has 0 aromatic carbocycles. The number of anilines is 1. The quantitative estimate of drug-likeness (QED) is 0.650. The fraction of sp³-hybridized carbons (Fsp3) is 0.750. The Balaban J connectivity index is 1.70. The third-order valence-electron chi connectivity index (χ3n) is 3.97. The van der Waals surface area contributed by atoms with E-state index in [1.165, 1.54) is 23.1 Å². The largest absolute Gasteiger partial charge is 0.360 e. The van der Waals surface area contributed by atoms with Crippen molar-refractivity contribution in [3.63, 3.8) is 0 Å². The lowest BCUT2D eigenvalue weighted by Gasteiger charge is -2.34. The maximum atomic E-state index is 12.4. The van der Waals surface area contributed by atoms with Gasteiger partial charge in [0.1, 0.15) is 0 Å². The van der Waals surface area contributed by atoms with E-state index in [0.29, 0.717) is 31.3 Å². The minimum atomic E-state index is 0.0958. The number of aromatic nitrogens is 2. The first-order chi connectivity index (χ1) is 12.3. The molecule has 26 heavy (non-hydrogen) atoms. The molecule has 1 fully saturated rings. The van der Waals surface area contributed by atoms with Crippen molar-refractivity contribution in [3.05, 3.63) is 0 Å². The summed E-state index contributed by atoms with van der Waals surface area (Å²) in [5.41, 5.74) is 0. The molecular formula is C16H28N6O2S2. The van der Waals surface area contributed by atoms with Gasteiger partial charge in [0.15, 0.2) is 4.34 Å². The van der Waals surface area contributed by atoms with E-state index in [9.17, 15) is 9.59 Å². The lowest BCUT2D eigenvalue weighted by molar-refractivity contribution is -0.132. The number of likely N-dealkylation sites (N-methyl/N-ethyl adjacent to an activating group) is 1. The van der Waals surface area contributed by atoms with Gasteiger partial charge in [0.25, 0.3) is 0 Å². The topological polar surface area (TPSA) is 81.7 Å². The molecule has 2 rings (SSSR count). The number of rotatable bonds is 8. The Hall–Kier alpha value is -1.39. The minimum Gasteiger partial charge on any atom is -0.360 e. The second-order valence-corrected chi connectivity index (χ2v) is 9.08. The smallest absolute Gasteiger partial charge is 0.236 e. The van der Waals surface area contributed by atoms with Crippen molar-refractivity contribution in [3.8, 4) is 0 Å². The SMILES string of the molecule is CC(C)CNc1nnc(SCC(=O)N2CCN(CC(=O)N(C)C)CC2)s1. The van der Waals surface area contributed by atoms with Gasteiger partial charge in [0.05, 0.1) is 12.3 Å². The summed E-state index contributed by atoms with van der Waals surface area (Å²) in [7, 11) is 3.52. The van der Waals surface area contributed by atoms with Crippen LogP contribution >= 0.6 is 23.1 Å². The second kappa shape index (κ2) is 10.1. The Morgan fingerprint density at radius 3 is 2.54 bits per heavy atom. The summed E-state index contributed by atoms with van der Waals surface area (Å²) in [6.07, 6.45) is 0. The molecule has 0 radical (unpaired) electrons. The lowest BCUT2D eigenvalue weighted by atomic mass is 10.2. The molecule has 1 aliphatic heterocycles. The molecule has 0 spiro atoms. The molecule has 1 aromatic rings. The first kappa shape index (κ1) is 20.9. The van der Waals surface area contributed by atoms with E-state index in [2.05, 4.69) is 34.3 Å². The van der Waals surface area contributed by atoms with Crippen LogP contribution in [0.4, 0.5) is 5.13 Å². The van der Waals surface area contributed by atoms with Crippen LogP contribution in [-0.4, -0.2) is 95.8 Å².